The summed E-state index contributed by atoms with van der Waals surface area (Å²) in [6.07, 6.45) is -8.84. The van der Waals surface area contributed by atoms with Crippen LogP contribution in [0.3, 0.4) is 0 Å². The van der Waals surface area contributed by atoms with Crippen molar-refractivity contribution in [1.82, 2.24) is 9.88 Å². The van der Waals surface area contributed by atoms with Gasteiger partial charge < -0.3 is 14.9 Å². The minimum atomic E-state index is -5.02. The number of likely N-dealkylation sites (N-methyl/N-ethyl adjacent to an activating group) is 1. The van der Waals surface area contributed by atoms with Crippen molar-refractivity contribution in [3.05, 3.63) is 74.1 Å². The molecule has 1 saturated heterocycles. The number of nitrogens with zero attached hydrogens (tertiary/aromatic N) is 5. The summed E-state index contributed by atoms with van der Waals surface area (Å²) in [4.78, 5) is 8.83. The number of anilines is 1. The van der Waals surface area contributed by atoms with E-state index in [1.165, 1.54) is 6.21 Å². The maximum Gasteiger partial charge on any atom is 0.416 e. The Bertz CT molecular complexity index is 1540. The average molecular weight is 568 g/mol. The highest BCUT2D eigenvalue weighted by atomic mass is 32.1. The van der Waals surface area contributed by atoms with Gasteiger partial charge in [0.1, 0.15) is 0 Å². The van der Waals surface area contributed by atoms with E-state index in [9.17, 15) is 31.4 Å². The number of fused-ring (bicyclic) bond motifs is 1. The van der Waals surface area contributed by atoms with Gasteiger partial charge in [0.25, 0.3) is 0 Å². The Morgan fingerprint density at radius 1 is 0.974 bits per heavy atom. The second-order valence-electron chi connectivity index (χ2n) is 9.21. The lowest BCUT2D eigenvalue weighted by Crippen LogP contribution is -2.46. The van der Waals surface area contributed by atoms with Crippen LogP contribution in [-0.2, 0) is 18.8 Å². The van der Waals surface area contributed by atoms with Gasteiger partial charge in [-0.25, -0.2) is 0 Å². The maximum atomic E-state index is 14.0. The number of aromatic nitrogens is 1. The second kappa shape index (κ2) is 10.3. The Labute approximate surface area is 223 Å². The first-order chi connectivity index (χ1) is 18.4. The van der Waals surface area contributed by atoms with Gasteiger partial charge in [0.2, 0.25) is 5.88 Å². The topological polar surface area (TPSA) is 64.3 Å². The lowest BCUT2D eigenvalue weighted by atomic mass is 9.94. The number of aromatic hydroxyl groups is 1. The van der Waals surface area contributed by atoms with Gasteiger partial charge in [0.05, 0.1) is 27.6 Å². The molecule has 2 aliphatic rings. The van der Waals surface area contributed by atoms with Crippen LogP contribution in [0, 0.1) is 0 Å². The molecule has 0 radical (unpaired) electrons. The average Bonchev–Trinajstić information content (AvgIpc) is 3.52. The quantitative estimate of drug-likeness (QED) is 0.464. The highest BCUT2D eigenvalue weighted by Gasteiger charge is 2.38. The Morgan fingerprint density at radius 3 is 2.38 bits per heavy atom. The fraction of sp³-hybridized carbons (Fsp3) is 0.346. The summed E-state index contributed by atoms with van der Waals surface area (Å²) < 4.78 is 81.6. The molecular weight excluding hydrogens is 544 g/mol. The summed E-state index contributed by atoms with van der Waals surface area (Å²) in [6.45, 7) is 5.92. The molecule has 1 N–H and O–H groups in total. The van der Waals surface area contributed by atoms with Crippen molar-refractivity contribution in [2.24, 2.45) is 10.2 Å². The fourth-order valence-corrected chi connectivity index (χ4v) is 5.73. The van der Waals surface area contributed by atoms with Crippen LogP contribution in [-0.4, -0.2) is 53.9 Å². The molecule has 1 aromatic heterocycles. The van der Waals surface area contributed by atoms with E-state index in [1.54, 1.807) is 18.2 Å². The number of rotatable bonds is 5. The first kappa shape index (κ1) is 27.1. The van der Waals surface area contributed by atoms with Gasteiger partial charge in [-0.3, -0.25) is 0 Å². The highest BCUT2D eigenvalue weighted by Crippen LogP contribution is 2.41. The van der Waals surface area contributed by atoms with Crippen LogP contribution >= 0.6 is 11.3 Å². The zero-order valence-corrected chi connectivity index (χ0v) is 21.5. The van der Waals surface area contributed by atoms with E-state index in [0.717, 1.165) is 37.0 Å². The summed E-state index contributed by atoms with van der Waals surface area (Å²) in [5.41, 5.74) is -2.18. The van der Waals surface area contributed by atoms with Crippen LogP contribution in [0.1, 0.15) is 34.1 Å². The third kappa shape index (κ3) is 5.64. The molecule has 3 heterocycles. The van der Waals surface area contributed by atoms with Crippen LogP contribution in [0.5, 0.6) is 5.88 Å². The van der Waals surface area contributed by atoms with Gasteiger partial charge in [-0.2, -0.15) is 41.5 Å². The molecular formula is C26H23F6N5OS. The van der Waals surface area contributed by atoms with E-state index in [2.05, 4.69) is 27.0 Å². The van der Waals surface area contributed by atoms with Crippen molar-refractivity contribution < 1.29 is 31.4 Å². The zero-order chi connectivity index (χ0) is 27.9. The van der Waals surface area contributed by atoms with Crippen LogP contribution in [0.15, 0.2) is 46.6 Å². The number of thiazole rings is 1. The molecule has 206 valence electrons. The number of hydrogen-bond acceptors (Lipinski definition) is 7. The van der Waals surface area contributed by atoms with Gasteiger partial charge in [-0.1, -0.05) is 30.4 Å². The smallest absolute Gasteiger partial charge is 0.416 e. The van der Waals surface area contributed by atoms with Gasteiger partial charge in [-0.05, 0) is 47.2 Å². The molecule has 2 aromatic carbocycles. The van der Waals surface area contributed by atoms with Crippen LogP contribution in [0.2, 0.25) is 0 Å². The minimum Gasteiger partial charge on any atom is -0.492 e. The number of hydrogen-bond donors (Lipinski definition) is 1. The summed E-state index contributed by atoms with van der Waals surface area (Å²) >= 11 is 1.14. The molecule has 0 aliphatic carbocycles. The highest BCUT2D eigenvalue weighted by molar-refractivity contribution is 7.17. The van der Waals surface area contributed by atoms with E-state index in [1.807, 2.05) is 4.90 Å². The summed E-state index contributed by atoms with van der Waals surface area (Å²) in [6, 6.07) is 6.59. The Hall–Kier alpha value is -3.45. The number of alkyl halides is 6. The Balaban J connectivity index is 1.63. The third-order valence-electron chi connectivity index (χ3n) is 6.81. The first-order valence-corrected chi connectivity index (χ1v) is 12.9. The molecule has 0 atom stereocenters. The van der Waals surface area contributed by atoms with E-state index < -0.39 is 29.9 Å². The first-order valence-electron chi connectivity index (χ1n) is 12.1. The summed E-state index contributed by atoms with van der Waals surface area (Å²) in [5.74, 6) is -0.345. The molecule has 0 saturated carbocycles. The predicted molar refractivity (Wildman–Crippen MR) is 136 cm³/mol. The molecule has 13 heteroatoms. The van der Waals surface area contributed by atoms with Crippen LogP contribution < -0.4 is 15.5 Å². The molecule has 5 rings (SSSR count). The van der Waals surface area contributed by atoms with Crippen molar-refractivity contribution in [2.75, 3.05) is 37.6 Å². The van der Waals surface area contributed by atoms with E-state index >= 15 is 0 Å². The minimum absolute atomic E-state index is 0.131. The third-order valence-corrected chi connectivity index (χ3v) is 7.98. The number of piperazine rings is 1. The zero-order valence-electron chi connectivity index (χ0n) is 20.6. The molecule has 3 aromatic rings. The molecule has 0 unspecified atom stereocenters. The van der Waals surface area contributed by atoms with Crippen molar-refractivity contribution in [1.29, 1.82) is 0 Å². The van der Waals surface area contributed by atoms with Crippen LogP contribution in [0.4, 0.5) is 31.5 Å². The molecule has 0 bridgehead atoms. The van der Waals surface area contributed by atoms with E-state index in [0.29, 0.717) is 46.0 Å². The SMILES string of the molecule is CCN1CCN(c2nc(O)c(C(Cc3ccc(C(F)(F)F)cc3C(F)(F)F)=c3ccc4c(c3)C=NN=4)s2)CC1. The predicted octanol–water partition coefficient (Wildman–Crippen LogP) is 4.44. The molecule has 0 amide bonds. The van der Waals surface area contributed by atoms with Crippen LogP contribution in [0.25, 0.3) is 5.57 Å². The molecule has 1 fully saturated rings. The second-order valence-corrected chi connectivity index (χ2v) is 10.2. The molecule has 6 nitrogen and oxygen atoms in total. The van der Waals surface area contributed by atoms with E-state index in [-0.39, 0.29) is 22.4 Å². The van der Waals surface area contributed by atoms with Crippen molar-refractivity contribution in [3.8, 4) is 5.88 Å². The molecule has 0 spiro atoms. The standard InChI is InChI=1S/C26H23F6N5OS/c1-2-36-7-9-37(10-8-36)24-34-23(38)22(39-24)19(15-4-6-21-17(11-15)14-33-35-21)12-16-3-5-18(25(27,28)29)13-20(16)26(30,31)32/h3-6,11,13-14,38H,2,7-10,12H2,1H3. The lowest BCUT2D eigenvalue weighted by Gasteiger charge is -2.33. The van der Waals surface area contributed by atoms with Crippen molar-refractivity contribution >= 4 is 28.3 Å². The van der Waals surface area contributed by atoms with Gasteiger partial charge in [0, 0.05) is 38.2 Å². The number of benzene rings is 2. The summed E-state index contributed by atoms with van der Waals surface area (Å²) in [5, 5.41) is 20.3. The Kier molecular flexibility index (Phi) is 7.14. The van der Waals surface area contributed by atoms with Gasteiger partial charge in [0.15, 0.2) is 5.13 Å². The molecule has 2 aliphatic heterocycles. The van der Waals surface area contributed by atoms with Crippen molar-refractivity contribution in [2.45, 2.75) is 25.7 Å². The fourth-order valence-electron chi connectivity index (χ4n) is 4.65. The largest absolute Gasteiger partial charge is 0.492 e. The molecule has 39 heavy (non-hydrogen) atoms. The monoisotopic (exact) mass is 567 g/mol. The lowest BCUT2D eigenvalue weighted by molar-refractivity contribution is -0.143. The van der Waals surface area contributed by atoms with Gasteiger partial charge in [-0.15, -0.1) is 0 Å². The maximum absolute atomic E-state index is 14.0. The number of halogens is 6. The van der Waals surface area contributed by atoms with Crippen molar-refractivity contribution in [3.63, 3.8) is 0 Å². The van der Waals surface area contributed by atoms with E-state index in [4.69, 9.17) is 0 Å². The van der Waals surface area contributed by atoms with Gasteiger partial charge >= 0.3 is 12.4 Å². The normalized spacial score (nSPS) is 16.8. The summed E-state index contributed by atoms with van der Waals surface area (Å²) in [7, 11) is 0. The Morgan fingerprint density at radius 2 is 1.72 bits per heavy atom.